The Balaban J connectivity index is 1.93. The zero-order chi connectivity index (χ0) is 13.7. The SMILES string of the molecule is NCC(NCCC1=CCCC1)c1cc(F)ccc1F. The fraction of sp³-hybridized carbons (Fsp3) is 0.467. The third-order valence-electron chi connectivity index (χ3n) is 3.54. The van der Waals surface area contributed by atoms with Crippen LogP contribution >= 0.6 is 0 Å². The largest absolute Gasteiger partial charge is 0.329 e. The number of nitrogens with one attached hydrogen (secondary N) is 1. The summed E-state index contributed by atoms with van der Waals surface area (Å²) < 4.78 is 26.8. The van der Waals surface area contributed by atoms with Crippen molar-refractivity contribution in [2.45, 2.75) is 31.7 Å². The molecule has 0 radical (unpaired) electrons. The van der Waals surface area contributed by atoms with Crippen LogP contribution in [0.4, 0.5) is 8.78 Å². The van der Waals surface area contributed by atoms with Crippen LogP contribution in [0.1, 0.15) is 37.3 Å². The van der Waals surface area contributed by atoms with Crippen LogP contribution in [0.15, 0.2) is 29.8 Å². The molecule has 0 spiro atoms. The van der Waals surface area contributed by atoms with Gasteiger partial charge in [-0.1, -0.05) is 11.6 Å². The second-order valence-electron chi connectivity index (χ2n) is 4.91. The lowest BCUT2D eigenvalue weighted by Crippen LogP contribution is -2.30. The number of allylic oxidation sites excluding steroid dienone is 1. The molecular formula is C15H20F2N2. The number of hydrogen-bond acceptors (Lipinski definition) is 2. The maximum absolute atomic E-state index is 13.7. The molecule has 2 rings (SSSR count). The van der Waals surface area contributed by atoms with Crippen molar-refractivity contribution >= 4 is 0 Å². The highest BCUT2D eigenvalue weighted by atomic mass is 19.1. The molecule has 1 atom stereocenters. The van der Waals surface area contributed by atoms with Crippen molar-refractivity contribution in [3.63, 3.8) is 0 Å². The summed E-state index contributed by atoms with van der Waals surface area (Å²) in [7, 11) is 0. The Bertz CT molecular complexity index is 457. The average Bonchev–Trinajstić information content (AvgIpc) is 2.91. The molecule has 0 aromatic heterocycles. The van der Waals surface area contributed by atoms with Crippen LogP contribution in [0.5, 0.6) is 0 Å². The normalized spacial score (nSPS) is 16.5. The van der Waals surface area contributed by atoms with E-state index in [1.54, 1.807) is 0 Å². The molecule has 0 heterocycles. The maximum atomic E-state index is 13.7. The van der Waals surface area contributed by atoms with Crippen molar-refractivity contribution < 1.29 is 8.78 Å². The first-order chi connectivity index (χ1) is 9.20. The quantitative estimate of drug-likeness (QED) is 0.777. The topological polar surface area (TPSA) is 38.0 Å². The van der Waals surface area contributed by atoms with Gasteiger partial charge in [-0.25, -0.2) is 8.78 Å². The zero-order valence-corrected chi connectivity index (χ0v) is 11.0. The van der Waals surface area contributed by atoms with Gasteiger partial charge in [0.15, 0.2) is 0 Å². The van der Waals surface area contributed by atoms with Crippen LogP contribution < -0.4 is 11.1 Å². The summed E-state index contributed by atoms with van der Waals surface area (Å²) in [4.78, 5) is 0. The summed E-state index contributed by atoms with van der Waals surface area (Å²) in [5.74, 6) is -0.848. The minimum atomic E-state index is -0.435. The molecule has 1 aliphatic rings. The molecule has 0 bridgehead atoms. The van der Waals surface area contributed by atoms with Crippen LogP contribution in [0.3, 0.4) is 0 Å². The van der Waals surface area contributed by atoms with E-state index in [9.17, 15) is 8.78 Å². The molecule has 1 aromatic carbocycles. The molecule has 104 valence electrons. The van der Waals surface area contributed by atoms with Crippen molar-refractivity contribution in [3.05, 3.63) is 47.0 Å². The molecule has 4 heteroatoms. The van der Waals surface area contributed by atoms with E-state index in [1.807, 2.05) is 0 Å². The van der Waals surface area contributed by atoms with Crippen molar-refractivity contribution in [1.82, 2.24) is 5.32 Å². The molecule has 0 saturated carbocycles. The van der Waals surface area contributed by atoms with Crippen molar-refractivity contribution in [2.75, 3.05) is 13.1 Å². The van der Waals surface area contributed by atoms with E-state index in [2.05, 4.69) is 11.4 Å². The third kappa shape index (κ3) is 3.85. The van der Waals surface area contributed by atoms with Gasteiger partial charge in [0.2, 0.25) is 0 Å². The van der Waals surface area contributed by atoms with Crippen LogP contribution in [0.25, 0.3) is 0 Å². The van der Waals surface area contributed by atoms with E-state index in [0.29, 0.717) is 5.56 Å². The highest BCUT2D eigenvalue weighted by Gasteiger charge is 2.15. The van der Waals surface area contributed by atoms with E-state index in [0.717, 1.165) is 37.9 Å². The number of rotatable bonds is 6. The van der Waals surface area contributed by atoms with Crippen LogP contribution in [-0.2, 0) is 0 Å². The highest BCUT2D eigenvalue weighted by molar-refractivity contribution is 5.22. The fourth-order valence-corrected chi connectivity index (χ4v) is 2.47. The highest BCUT2D eigenvalue weighted by Crippen LogP contribution is 2.21. The summed E-state index contributed by atoms with van der Waals surface area (Å²) in [6.07, 6.45) is 6.76. The summed E-state index contributed by atoms with van der Waals surface area (Å²) in [6.45, 7) is 0.989. The molecule has 0 fully saturated rings. The molecule has 19 heavy (non-hydrogen) atoms. The summed E-state index contributed by atoms with van der Waals surface area (Å²) in [5, 5.41) is 3.21. The van der Waals surface area contributed by atoms with E-state index in [4.69, 9.17) is 5.73 Å². The molecule has 0 aliphatic heterocycles. The lowest BCUT2D eigenvalue weighted by molar-refractivity contribution is 0.500. The molecule has 1 aliphatic carbocycles. The van der Waals surface area contributed by atoms with Gasteiger partial charge in [-0.3, -0.25) is 0 Å². The first-order valence-electron chi connectivity index (χ1n) is 6.77. The lowest BCUT2D eigenvalue weighted by atomic mass is 10.1. The second kappa shape index (κ2) is 6.78. The monoisotopic (exact) mass is 266 g/mol. The Morgan fingerprint density at radius 2 is 2.16 bits per heavy atom. The average molecular weight is 266 g/mol. The van der Waals surface area contributed by atoms with Gasteiger partial charge in [-0.15, -0.1) is 0 Å². The minimum Gasteiger partial charge on any atom is -0.329 e. The van der Waals surface area contributed by atoms with Gasteiger partial charge in [-0.2, -0.15) is 0 Å². The van der Waals surface area contributed by atoms with Gasteiger partial charge in [-0.05, 0) is 50.4 Å². The van der Waals surface area contributed by atoms with Crippen LogP contribution in [-0.4, -0.2) is 13.1 Å². The predicted molar refractivity (Wildman–Crippen MR) is 72.7 cm³/mol. The van der Waals surface area contributed by atoms with Gasteiger partial charge in [0.25, 0.3) is 0 Å². The Kier molecular flexibility index (Phi) is 5.05. The number of benzene rings is 1. The van der Waals surface area contributed by atoms with Gasteiger partial charge in [0.05, 0.1) is 0 Å². The Morgan fingerprint density at radius 1 is 1.32 bits per heavy atom. The summed E-state index contributed by atoms with van der Waals surface area (Å²) >= 11 is 0. The fourth-order valence-electron chi connectivity index (χ4n) is 2.47. The third-order valence-corrected chi connectivity index (χ3v) is 3.54. The zero-order valence-electron chi connectivity index (χ0n) is 11.0. The van der Waals surface area contributed by atoms with Gasteiger partial charge in [0, 0.05) is 18.2 Å². The van der Waals surface area contributed by atoms with Gasteiger partial charge in [0.1, 0.15) is 11.6 Å². The van der Waals surface area contributed by atoms with Crippen LogP contribution in [0, 0.1) is 11.6 Å². The molecule has 0 saturated heterocycles. The smallest absolute Gasteiger partial charge is 0.128 e. The summed E-state index contributed by atoms with van der Waals surface area (Å²) in [5.41, 5.74) is 7.41. The number of halogens is 2. The van der Waals surface area contributed by atoms with Gasteiger partial charge >= 0.3 is 0 Å². The van der Waals surface area contributed by atoms with Gasteiger partial charge < -0.3 is 11.1 Å². The van der Waals surface area contributed by atoms with Crippen molar-refractivity contribution in [1.29, 1.82) is 0 Å². The summed E-state index contributed by atoms with van der Waals surface area (Å²) in [6, 6.07) is 3.15. The molecule has 1 aromatic rings. The van der Waals surface area contributed by atoms with Crippen molar-refractivity contribution in [3.8, 4) is 0 Å². The van der Waals surface area contributed by atoms with E-state index in [1.165, 1.54) is 18.1 Å². The number of hydrogen-bond donors (Lipinski definition) is 2. The standard InChI is InChI=1S/C15H20F2N2/c16-12-5-6-14(17)13(9-12)15(10-18)19-8-7-11-3-1-2-4-11/h3,5-6,9,15,19H,1-2,4,7-8,10,18H2. The molecule has 1 unspecified atom stereocenters. The minimum absolute atomic E-state index is 0.249. The Labute approximate surface area is 112 Å². The number of nitrogens with two attached hydrogens (primary N) is 1. The lowest BCUT2D eigenvalue weighted by Gasteiger charge is -2.18. The molecule has 3 N–H and O–H groups in total. The van der Waals surface area contributed by atoms with Crippen molar-refractivity contribution in [2.24, 2.45) is 5.73 Å². The predicted octanol–water partition coefficient (Wildman–Crippen LogP) is 3.05. The molecular weight excluding hydrogens is 246 g/mol. The van der Waals surface area contributed by atoms with Crippen LogP contribution in [0.2, 0.25) is 0 Å². The van der Waals surface area contributed by atoms with E-state index in [-0.39, 0.29) is 12.6 Å². The van der Waals surface area contributed by atoms with E-state index < -0.39 is 11.6 Å². The van der Waals surface area contributed by atoms with E-state index >= 15 is 0 Å². The first kappa shape index (κ1) is 14.2. The molecule has 2 nitrogen and oxygen atoms in total. The second-order valence-corrected chi connectivity index (χ2v) is 4.91. The maximum Gasteiger partial charge on any atom is 0.128 e. The molecule has 0 amide bonds. The Morgan fingerprint density at radius 3 is 2.84 bits per heavy atom. The Hall–Kier alpha value is -1.26. The first-order valence-corrected chi connectivity index (χ1v) is 6.77.